The van der Waals surface area contributed by atoms with Crippen LogP contribution in [0.2, 0.25) is 0 Å². The van der Waals surface area contributed by atoms with E-state index in [1.54, 1.807) is 6.07 Å². The van der Waals surface area contributed by atoms with Crippen molar-refractivity contribution in [3.8, 4) is 0 Å². The fourth-order valence-electron chi connectivity index (χ4n) is 3.46. The summed E-state index contributed by atoms with van der Waals surface area (Å²) in [6.07, 6.45) is 5.30. The lowest BCUT2D eigenvalue weighted by Crippen LogP contribution is -2.51. The highest BCUT2D eigenvalue weighted by atomic mass is 16.5. The van der Waals surface area contributed by atoms with Crippen LogP contribution in [-0.2, 0) is 11.2 Å². The van der Waals surface area contributed by atoms with E-state index in [9.17, 15) is 4.79 Å². The lowest BCUT2D eigenvalue weighted by atomic mass is 10.1. The third-order valence-corrected chi connectivity index (χ3v) is 4.39. The molecular weight excluding hydrogens is 266 g/mol. The molecule has 114 valence electrons. The molecule has 0 spiro atoms. The van der Waals surface area contributed by atoms with E-state index in [4.69, 9.17) is 10.5 Å². The summed E-state index contributed by atoms with van der Waals surface area (Å²) in [7, 11) is 0. The zero-order valence-corrected chi connectivity index (χ0v) is 12.5. The molecule has 21 heavy (non-hydrogen) atoms. The molecule has 1 aliphatic heterocycles. The molecule has 1 aromatic rings. The minimum absolute atomic E-state index is 0.0710. The van der Waals surface area contributed by atoms with Crippen molar-refractivity contribution in [3.63, 3.8) is 0 Å². The summed E-state index contributed by atoms with van der Waals surface area (Å²) in [5.41, 5.74) is 7.42. The van der Waals surface area contributed by atoms with Crippen molar-refractivity contribution in [2.75, 3.05) is 18.9 Å². The minimum Gasteiger partial charge on any atom is -0.384 e. The smallest absolute Gasteiger partial charge is 0.254 e. The predicted octanol–water partition coefficient (Wildman–Crippen LogP) is 2.01. The molecule has 2 heterocycles. The molecule has 2 aliphatic rings. The fourth-order valence-corrected chi connectivity index (χ4v) is 3.46. The van der Waals surface area contributed by atoms with Crippen molar-refractivity contribution >= 4 is 11.7 Å². The van der Waals surface area contributed by atoms with Crippen LogP contribution in [0.3, 0.4) is 0 Å². The highest BCUT2D eigenvalue weighted by Gasteiger charge is 2.38. The van der Waals surface area contributed by atoms with E-state index in [1.165, 1.54) is 0 Å². The van der Waals surface area contributed by atoms with Gasteiger partial charge in [-0.05, 0) is 37.8 Å². The second kappa shape index (κ2) is 6.02. The van der Waals surface area contributed by atoms with E-state index in [0.29, 0.717) is 24.5 Å². The molecule has 0 radical (unpaired) electrons. The van der Waals surface area contributed by atoms with Crippen LogP contribution in [-0.4, -0.2) is 41.1 Å². The van der Waals surface area contributed by atoms with Crippen molar-refractivity contribution in [2.45, 2.75) is 51.2 Å². The summed E-state index contributed by atoms with van der Waals surface area (Å²) in [6, 6.07) is 3.82. The average molecular weight is 289 g/mol. The lowest BCUT2D eigenvalue weighted by molar-refractivity contribution is -0.0445. The molecule has 1 amide bonds. The summed E-state index contributed by atoms with van der Waals surface area (Å²) in [5, 5.41) is 0. The lowest BCUT2D eigenvalue weighted by Gasteiger charge is -2.37. The first-order valence-electron chi connectivity index (χ1n) is 7.88. The third kappa shape index (κ3) is 2.88. The number of hydrogen-bond donors (Lipinski definition) is 1. The Bertz CT molecular complexity index is 532. The number of morpholine rings is 1. The Hall–Kier alpha value is -1.62. The molecule has 2 atom stereocenters. The first kappa shape index (κ1) is 14.3. The first-order valence-corrected chi connectivity index (χ1v) is 7.88. The van der Waals surface area contributed by atoms with Gasteiger partial charge in [0.25, 0.3) is 5.91 Å². The van der Waals surface area contributed by atoms with E-state index < -0.39 is 0 Å². The van der Waals surface area contributed by atoms with Crippen LogP contribution in [0.1, 0.15) is 48.7 Å². The number of hydrogen-bond acceptors (Lipinski definition) is 4. The van der Waals surface area contributed by atoms with Crippen molar-refractivity contribution in [1.82, 2.24) is 9.88 Å². The van der Waals surface area contributed by atoms with E-state index in [0.717, 1.165) is 37.8 Å². The standard InChI is InChI=1S/C16H23N3O2/c1-2-4-12-9-11(10-15(17)18-12)16(20)19-7-8-21-14-6-3-5-13(14)19/h9-10,13-14H,2-8H2,1H3,(H2,17,18). The maximum atomic E-state index is 12.8. The van der Waals surface area contributed by atoms with Crippen LogP contribution >= 0.6 is 0 Å². The second-order valence-electron chi connectivity index (χ2n) is 5.93. The molecule has 0 aromatic carbocycles. The minimum atomic E-state index is 0.0710. The molecule has 1 aromatic heterocycles. The number of carbonyl (C=O) groups is 1. The maximum Gasteiger partial charge on any atom is 0.254 e. The summed E-state index contributed by atoms with van der Waals surface area (Å²) in [4.78, 5) is 19.1. The van der Waals surface area contributed by atoms with Crippen molar-refractivity contribution < 1.29 is 9.53 Å². The van der Waals surface area contributed by atoms with Gasteiger partial charge < -0.3 is 15.4 Å². The van der Waals surface area contributed by atoms with Gasteiger partial charge in [-0.3, -0.25) is 4.79 Å². The second-order valence-corrected chi connectivity index (χ2v) is 5.93. The number of nitrogens with zero attached hydrogens (tertiary/aromatic N) is 2. The highest BCUT2D eigenvalue weighted by Crippen LogP contribution is 2.30. The number of nitrogens with two attached hydrogens (primary N) is 1. The number of amides is 1. The van der Waals surface area contributed by atoms with Crippen LogP contribution < -0.4 is 5.73 Å². The molecule has 1 saturated heterocycles. The van der Waals surface area contributed by atoms with Gasteiger partial charge in [0.1, 0.15) is 5.82 Å². The number of rotatable bonds is 3. The average Bonchev–Trinajstić information content (AvgIpc) is 2.94. The van der Waals surface area contributed by atoms with Crippen molar-refractivity contribution in [2.24, 2.45) is 0 Å². The molecule has 1 saturated carbocycles. The molecule has 0 bridgehead atoms. The highest BCUT2D eigenvalue weighted by molar-refractivity contribution is 5.95. The monoisotopic (exact) mass is 289 g/mol. The molecule has 1 aliphatic carbocycles. The maximum absolute atomic E-state index is 12.8. The largest absolute Gasteiger partial charge is 0.384 e. The Morgan fingerprint density at radius 2 is 2.33 bits per heavy atom. The summed E-state index contributed by atoms with van der Waals surface area (Å²) in [6.45, 7) is 3.40. The van der Waals surface area contributed by atoms with Crippen molar-refractivity contribution in [3.05, 3.63) is 23.4 Å². The summed E-state index contributed by atoms with van der Waals surface area (Å²) >= 11 is 0. The van der Waals surface area contributed by atoms with Gasteiger partial charge in [0.15, 0.2) is 0 Å². The zero-order valence-electron chi connectivity index (χ0n) is 12.5. The molecule has 2 fully saturated rings. The fraction of sp³-hybridized carbons (Fsp3) is 0.625. The summed E-state index contributed by atoms with van der Waals surface area (Å²) in [5.74, 6) is 0.502. The van der Waals surface area contributed by atoms with Gasteiger partial charge in [0.05, 0.1) is 18.8 Å². The predicted molar refractivity (Wildman–Crippen MR) is 81.1 cm³/mol. The Balaban J connectivity index is 1.84. The van der Waals surface area contributed by atoms with E-state index in [2.05, 4.69) is 11.9 Å². The van der Waals surface area contributed by atoms with E-state index in [1.807, 2.05) is 11.0 Å². The van der Waals surface area contributed by atoms with Gasteiger partial charge in [-0.25, -0.2) is 4.98 Å². The van der Waals surface area contributed by atoms with E-state index >= 15 is 0 Å². The number of fused-ring (bicyclic) bond motifs is 1. The Morgan fingerprint density at radius 1 is 1.48 bits per heavy atom. The van der Waals surface area contributed by atoms with Gasteiger partial charge in [-0.2, -0.15) is 0 Å². The van der Waals surface area contributed by atoms with Crippen molar-refractivity contribution in [1.29, 1.82) is 0 Å². The van der Waals surface area contributed by atoms with Crippen LogP contribution in [0.15, 0.2) is 12.1 Å². The molecule has 5 nitrogen and oxygen atoms in total. The quantitative estimate of drug-likeness (QED) is 0.924. The molecule has 2 N–H and O–H groups in total. The molecule has 3 rings (SSSR count). The SMILES string of the molecule is CCCc1cc(C(=O)N2CCOC3CCCC32)cc(N)n1. The van der Waals surface area contributed by atoms with Gasteiger partial charge >= 0.3 is 0 Å². The first-order chi connectivity index (χ1) is 10.2. The number of pyridine rings is 1. The molecule has 2 unspecified atom stereocenters. The Kier molecular flexibility index (Phi) is 4.10. The van der Waals surface area contributed by atoms with Crippen LogP contribution in [0.4, 0.5) is 5.82 Å². The number of aromatic nitrogens is 1. The van der Waals surface area contributed by atoms with E-state index in [-0.39, 0.29) is 18.1 Å². The van der Waals surface area contributed by atoms with Crippen LogP contribution in [0.5, 0.6) is 0 Å². The number of aryl methyl sites for hydroxylation is 1. The zero-order chi connectivity index (χ0) is 14.8. The van der Waals surface area contributed by atoms with Gasteiger partial charge in [0.2, 0.25) is 0 Å². The number of nitrogen functional groups attached to an aromatic ring is 1. The Labute approximate surface area is 125 Å². The van der Waals surface area contributed by atoms with Crippen LogP contribution in [0, 0.1) is 0 Å². The summed E-state index contributed by atoms with van der Waals surface area (Å²) < 4.78 is 5.77. The molecule has 5 heteroatoms. The normalized spacial score (nSPS) is 24.9. The van der Waals surface area contributed by atoms with Gasteiger partial charge in [-0.1, -0.05) is 13.3 Å². The number of ether oxygens (including phenoxy) is 1. The number of anilines is 1. The number of carbonyl (C=O) groups excluding carboxylic acids is 1. The molecular formula is C16H23N3O2. The Morgan fingerprint density at radius 3 is 3.14 bits per heavy atom. The van der Waals surface area contributed by atoms with Gasteiger partial charge in [0, 0.05) is 17.8 Å². The topological polar surface area (TPSA) is 68.5 Å². The third-order valence-electron chi connectivity index (χ3n) is 4.39. The van der Waals surface area contributed by atoms with Crippen LogP contribution in [0.25, 0.3) is 0 Å². The van der Waals surface area contributed by atoms with Gasteiger partial charge in [-0.15, -0.1) is 0 Å².